The summed E-state index contributed by atoms with van der Waals surface area (Å²) in [6, 6.07) is 23.2. The van der Waals surface area contributed by atoms with Gasteiger partial charge in [0.1, 0.15) is 17.3 Å². The van der Waals surface area contributed by atoms with Crippen LogP contribution in [0.25, 0.3) is 44.9 Å². The van der Waals surface area contributed by atoms with Gasteiger partial charge in [-0.05, 0) is 54.6 Å². The van der Waals surface area contributed by atoms with E-state index >= 15 is 0 Å². The molecule has 0 bridgehead atoms. The number of rotatable bonds is 3. The van der Waals surface area contributed by atoms with Crippen molar-refractivity contribution < 1.29 is 14.7 Å². The smallest absolute Gasteiger partial charge is 0.267 e. The molecule has 0 fully saturated rings. The number of amides is 2. The van der Waals surface area contributed by atoms with E-state index in [1.807, 2.05) is 42.5 Å². The number of pyridine rings is 3. The SMILES string of the molecule is O=C1c2ccc3c4c(ccc(c24)C(=O)N1c1ccccn1)C(O)n1c-3nc(-c2ccccn2)c1-c1ccccn1. The average Bonchev–Trinajstić information content (AvgIpc) is 3.41. The van der Waals surface area contributed by atoms with Crippen molar-refractivity contribution in [3.05, 3.63) is 114 Å². The van der Waals surface area contributed by atoms with E-state index in [-0.39, 0.29) is 5.82 Å². The van der Waals surface area contributed by atoms with Crippen LogP contribution < -0.4 is 4.90 Å². The van der Waals surface area contributed by atoms with Crippen molar-refractivity contribution in [2.24, 2.45) is 0 Å². The Bertz CT molecular complexity index is 1980. The number of imide groups is 1. The second-order valence-corrected chi connectivity index (χ2v) is 9.55. The Morgan fingerprint density at radius 3 is 1.93 bits per heavy atom. The van der Waals surface area contributed by atoms with Crippen molar-refractivity contribution in [2.75, 3.05) is 4.90 Å². The number of nitrogens with zero attached hydrogens (tertiary/aromatic N) is 6. The van der Waals surface area contributed by atoms with Gasteiger partial charge >= 0.3 is 0 Å². The lowest BCUT2D eigenvalue weighted by Crippen LogP contribution is -2.41. The van der Waals surface area contributed by atoms with E-state index in [4.69, 9.17) is 4.98 Å². The van der Waals surface area contributed by atoms with Gasteiger partial charge in [0.25, 0.3) is 11.8 Å². The van der Waals surface area contributed by atoms with Gasteiger partial charge in [0.05, 0.1) is 17.1 Å². The van der Waals surface area contributed by atoms with Crippen molar-refractivity contribution in [3.8, 4) is 34.2 Å². The Balaban J connectivity index is 1.42. The molecular weight excluding hydrogens is 504 g/mol. The summed E-state index contributed by atoms with van der Waals surface area (Å²) >= 11 is 0. The number of carbonyl (C=O) groups is 2. The molecule has 0 radical (unpaired) electrons. The van der Waals surface area contributed by atoms with Crippen LogP contribution in [0.15, 0.2) is 97.5 Å². The summed E-state index contributed by atoms with van der Waals surface area (Å²) in [7, 11) is 0. The largest absolute Gasteiger partial charge is 0.369 e. The first kappa shape index (κ1) is 22.4. The molecule has 8 rings (SSSR count). The van der Waals surface area contributed by atoms with Gasteiger partial charge in [0.15, 0.2) is 6.23 Å². The molecule has 190 valence electrons. The average molecular weight is 523 g/mol. The molecule has 0 saturated carbocycles. The number of imidazole rings is 1. The predicted octanol–water partition coefficient (Wildman–Crippen LogP) is 4.88. The van der Waals surface area contributed by atoms with Crippen LogP contribution in [0, 0.1) is 0 Å². The number of carbonyl (C=O) groups excluding carboxylic acids is 2. The lowest BCUT2D eigenvalue weighted by Gasteiger charge is -2.31. The zero-order chi connectivity index (χ0) is 27.0. The van der Waals surface area contributed by atoms with Crippen LogP contribution in [0.2, 0.25) is 0 Å². The Morgan fingerprint density at radius 2 is 1.27 bits per heavy atom. The van der Waals surface area contributed by atoms with E-state index in [0.717, 1.165) is 4.90 Å². The summed E-state index contributed by atoms with van der Waals surface area (Å²) in [5, 5.41) is 13.0. The molecule has 0 aliphatic carbocycles. The summed E-state index contributed by atoms with van der Waals surface area (Å²) in [4.78, 5) is 46.7. The van der Waals surface area contributed by atoms with Crippen molar-refractivity contribution in [1.29, 1.82) is 0 Å². The molecule has 4 aromatic heterocycles. The fourth-order valence-electron chi connectivity index (χ4n) is 5.74. The minimum absolute atomic E-state index is 0.257. The number of fused-ring (bicyclic) bond motifs is 2. The minimum atomic E-state index is -1.15. The van der Waals surface area contributed by atoms with Crippen LogP contribution in [0.5, 0.6) is 0 Å². The molecule has 1 unspecified atom stereocenters. The first-order chi connectivity index (χ1) is 19.6. The highest BCUT2D eigenvalue weighted by molar-refractivity contribution is 6.36. The van der Waals surface area contributed by atoms with Gasteiger partial charge in [0, 0.05) is 51.6 Å². The minimum Gasteiger partial charge on any atom is -0.369 e. The molecule has 40 heavy (non-hydrogen) atoms. The number of benzene rings is 2. The highest BCUT2D eigenvalue weighted by Gasteiger charge is 2.39. The van der Waals surface area contributed by atoms with E-state index in [2.05, 4.69) is 15.0 Å². The number of aliphatic hydroxyl groups excluding tert-OH is 1. The normalized spacial score (nSPS) is 15.4. The second kappa shape index (κ2) is 8.23. The molecule has 1 N–H and O–H groups in total. The summed E-state index contributed by atoms with van der Waals surface area (Å²) in [6.45, 7) is 0. The van der Waals surface area contributed by atoms with Crippen LogP contribution in [0.3, 0.4) is 0 Å². The molecule has 9 nitrogen and oxygen atoms in total. The van der Waals surface area contributed by atoms with Crippen LogP contribution in [-0.4, -0.2) is 41.4 Å². The van der Waals surface area contributed by atoms with E-state index in [1.54, 1.807) is 59.6 Å². The standard InChI is InChI=1S/C31H18N6O3/c38-29-19-11-10-17-24-18(12-13-20(25(19)24)30(39)36(29)23-9-3-6-16-34-23)31(40)37-27(22-8-2-5-15-33-22)26(35-28(17)37)21-7-1-4-14-32-21/h1-16,31,40H. The second-order valence-electron chi connectivity index (χ2n) is 9.55. The molecule has 1 atom stereocenters. The molecular formula is C31H18N6O3. The highest BCUT2D eigenvalue weighted by atomic mass is 16.3. The van der Waals surface area contributed by atoms with E-state index in [1.165, 1.54) is 0 Å². The Hall–Kier alpha value is -5.54. The van der Waals surface area contributed by atoms with E-state index < -0.39 is 18.0 Å². The molecule has 2 amide bonds. The molecule has 0 saturated heterocycles. The van der Waals surface area contributed by atoms with E-state index in [0.29, 0.717) is 61.6 Å². The number of anilines is 1. The van der Waals surface area contributed by atoms with Gasteiger partial charge in [-0.2, -0.15) is 0 Å². The highest BCUT2D eigenvalue weighted by Crippen LogP contribution is 2.48. The molecule has 6 aromatic rings. The molecule has 2 aliphatic rings. The summed E-state index contributed by atoms with van der Waals surface area (Å²) in [5.41, 5.74) is 4.45. The molecule has 6 heterocycles. The fraction of sp³-hybridized carbons (Fsp3) is 0.0323. The van der Waals surface area contributed by atoms with Gasteiger partial charge < -0.3 is 5.11 Å². The summed E-state index contributed by atoms with van der Waals surface area (Å²) < 4.78 is 1.75. The summed E-state index contributed by atoms with van der Waals surface area (Å²) in [5.74, 6) is -0.178. The molecule has 0 spiro atoms. The van der Waals surface area contributed by atoms with Gasteiger partial charge in [-0.25, -0.2) is 14.9 Å². The maximum atomic E-state index is 13.7. The van der Waals surface area contributed by atoms with Gasteiger partial charge in [-0.1, -0.05) is 24.3 Å². The first-order valence-electron chi connectivity index (χ1n) is 12.7. The van der Waals surface area contributed by atoms with Crippen molar-refractivity contribution in [1.82, 2.24) is 24.5 Å². The molecule has 9 heteroatoms. The zero-order valence-corrected chi connectivity index (χ0v) is 20.8. The monoisotopic (exact) mass is 522 g/mol. The van der Waals surface area contributed by atoms with Crippen molar-refractivity contribution in [2.45, 2.75) is 6.23 Å². The van der Waals surface area contributed by atoms with Crippen molar-refractivity contribution in [3.63, 3.8) is 0 Å². The Morgan fingerprint density at radius 1 is 0.650 bits per heavy atom. The van der Waals surface area contributed by atoms with Crippen LogP contribution >= 0.6 is 0 Å². The molecule has 2 aliphatic heterocycles. The van der Waals surface area contributed by atoms with Crippen LogP contribution in [0.1, 0.15) is 32.5 Å². The van der Waals surface area contributed by atoms with Gasteiger partial charge in [-0.15, -0.1) is 0 Å². The maximum absolute atomic E-state index is 13.7. The number of hydrogen-bond acceptors (Lipinski definition) is 7. The van der Waals surface area contributed by atoms with E-state index in [9.17, 15) is 14.7 Å². The first-order valence-corrected chi connectivity index (χ1v) is 12.7. The van der Waals surface area contributed by atoms with Crippen LogP contribution in [-0.2, 0) is 0 Å². The third-order valence-electron chi connectivity index (χ3n) is 7.43. The maximum Gasteiger partial charge on any atom is 0.267 e. The third kappa shape index (κ3) is 2.94. The fourth-order valence-corrected chi connectivity index (χ4v) is 5.74. The lowest BCUT2D eigenvalue weighted by molar-refractivity contribution is 0.0892. The predicted molar refractivity (Wildman–Crippen MR) is 147 cm³/mol. The molecule has 2 aromatic carbocycles. The topological polar surface area (TPSA) is 114 Å². The Labute approximate surface area is 227 Å². The zero-order valence-electron chi connectivity index (χ0n) is 20.8. The number of aromatic nitrogens is 5. The Kier molecular flexibility index (Phi) is 4.62. The van der Waals surface area contributed by atoms with Crippen LogP contribution in [0.4, 0.5) is 5.82 Å². The lowest BCUT2D eigenvalue weighted by atomic mass is 9.86. The quantitative estimate of drug-likeness (QED) is 0.330. The third-order valence-corrected chi connectivity index (χ3v) is 7.43. The van der Waals surface area contributed by atoms with Gasteiger partial charge in [-0.3, -0.25) is 24.1 Å². The van der Waals surface area contributed by atoms with Gasteiger partial charge in [0.2, 0.25) is 0 Å². The van der Waals surface area contributed by atoms with Crippen molar-refractivity contribution >= 4 is 28.4 Å². The number of aliphatic hydroxyl groups is 1. The number of hydrogen-bond donors (Lipinski definition) is 1. The summed E-state index contributed by atoms with van der Waals surface area (Å²) in [6.07, 6.45) is 3.78.